The van der Waals surface area contributed by atoms with Crippen LogP contribution in [0.15, 0.2) is 24.3 Å². The van der Waals surface area contributed by atoms with Crippen molar-refractivity contribution in [2.45, 2.75) is 51.0 Å². The summed E-state index contributed by atoms with van der Waals surface area (Å²) in [6, 6.07) is 8.51. The van der Waals surface area contributed by atoms with Gasteiger partial charge in [0.2, 0.25) is 5.91 Å². The largest absolute Gasteiger partial charge is 0.354 e. The second-order valence-corrected chi connectivity index (χ2v) is 5.81. The molecule has 2 rings (SSSR count). The summed E-state index contributed by atoms with van der Waals surface area (Å²) in [5, 5.41) is 3.03. The Hall–Kier alpha value is -1.35. The maximum absolute atomic E-state index is 12.1. The van der Waals surface area contributed by atoms with E-state index in [9.17, 15) is 4.79 Å². The second kappa shape index (κ2) is 5.74. The Bertz CT molecular complexity index is 454. The smallest absolute Gasteiger partial charge is 0.239 e. The number of carbonyl (C=O) groups is 1. The number of amides is 1. The van der Waals surface area contributed by atoms with Crippen LogP contribution in [0.4, 0.5) is 0 Å². The zero-order valence-electron chi connectivity index (χ0n) is 11.9. The van der Waals surface area contributed by atoms with E-state index in [0.717, 1.165) is 25.7 Å². The lowest BCUT2D eigenvalue weighted by Crippen LogP contribution is -2.52. The van der Waals surface area contributed by atoms with E-state index in [-0.39, 0.29) is 5.91 Å². The second-order valence-electron chi connectivity index (χ2n) is 5.81. The summed E-state index contributed by atoms with van der Waals surface area (Å²) in [7, 11) is 0. The van der Waals surface area contributed by atoms with Gasteiger partial charge in [-0.25, -0.2) is 0 Å². The number of benzene rings is 1. The topological polar surface area (TPSA) is 55.1 Å². The molecule has 2 unspecified atom stereocenters. The number of fused-ring (bicyclic) bond motifs is 1. The average molecular weight is 260 g/mol. The minimum atomic E-state index is -0.743. The van der Waals surface area contributed by atoms with Crippen LogP contribution in [-0.2, 0) is 11.2 Å². The molecule has 19 heavy (non-hydrogen) atoms. The Balaban J connectivity index is 1.92. The third kappa shape index (κ3) is 3.16. The van der Waals surface area contributed by atoms with Crippen LogP contribution >= 0.6 is 0 Å². The van der Waals surface area contributed by atoms with Gasteiger partial charge in [-0.1, -0.05) is 37.6 Å². The van der Waals surface area contributed by atoms with Gasteiger partial charge in [0.1, 0.15) is 0 Å². The maximum Gasteiger partial charge on any atom is 0.239 e. The number of aryl methyl sites for hydroxylation is 1. The molecule has 1 aromatic carbocycles. The fourth-order valence-electron chi connectivity index (χ4n) is 2.91. The molecule has 0 aliphatic heterocycles. The highest BCUT2D eigenvalue weighted by atomic mass is 16.2. The van der Waals surface area contributed by atoms with E-state index in [0.29, 0.717) is 12.5 Å². The van der Waals surface area contributed by atoms with Gasteiger partial charge in [0.15, 0.2) is 0 Å². The first-order valence-corrected chi connectivity index (χ1v) is 7.19. The van der Waals surface area contributed by atoms with Crippen LogP contribution < -0.4 is 11.1 Å². The zero-order chi connectivity index (χ0) is 13.9. The number of nitrogens with one attached hydrogen (secondary N) is 1. The van der Waals surface area contributed by atoms with Crippen molar-refractivity contribution >= 4 is 5.91 Å². The van der Waals surface area contributed by atoms with E-state index in [1.54, 1.807) is 0 Å². The molecule has 0 saturated heterocycles. The quantitative estimate of drug-likeness (QED) is 0.854. The van der Waals surface area contributed by atoms with Gasteiger partial charge in [-0.05, 0) is 37.3 Å². The molecule has 3 nitrogen and oxygen atoms in total. The molecule has 0 heterocycles. The van der Waals surface area contributed by atoms with Crippen molar-refractivity contribution in [2.75, 3.05) is 6.54 Å². The van der Waals surface area contributed by atoms with Gasteiger partial charge in [-0.2, -0.15) is 0 Å². The van der Waals surface area contributed by atoms with E-state index in [4.69, 9.17) is 5.73 Å². The first-order valence-electron chi connectivity index (χ1n) is 7.19. The number of nitrogens with two attached hydrogens (primary N) is 1. The van der Waals surface area contributed by atoms with Gasteiger partial charge in [0.25, 0.3) is 0 Å². The summed E-state index contributed by atoms with van der Waals surface area (Å²) in [6.07, 6.45) is 3.88. The Kier molecular flexibility index (Phi) is 4.25. The minimum Gasteiger partial charge on any atom is -0.354 e. The molecule has 0 fully saturated rings. The normalized spacial score (nSPS) is 20.7. The minimum absolute atomic E-state index is 0.0290. The summed E-state index contributed by atoms with van der Waals surface area (Å²) >= 11 is 0. The molecule has 0 saturated carbocycles. The Morgan fingerprint density at radius 3 is 2.95 bits per heavy atom. The summed E-state index contributed by atoms with van der Waals surface area (Å²) in [6.45, 7) is 4.56. The van der Waals surface area contributed by atoms with Gasteiger partial charge in [-0.3, -0.25) is 4.79 Å². The highest BCUT2D eigenvalue weighted by Crippen LogP contribution is 2.32. The van der Waals surface area contributed by atoms with E-state index in [1.165, 1.54) is 11.1 Å². The fourth-order valence-corrected chi connectivity index (χ4v) is 2.91. The lowest BCUT2D eigenvalue weighted by molar-refractivity contribution is -0.126. The van der Waals surface area contributed by atoms with E-state index in [2.05, 4.69) is 29.6 Å². The average Bonchev–Trinajstić information content (AvgIpc) is 2.79. The molecule has 3 N–H and O–H groups in total. The molecule has 0 bridgehead atoms. The monoisotopic (exact) mass is 260 g/mol. The summed E-state index contributed by atoms with van der Waals surface area (Å²) in [5.74, 6) is 0.413. The van der Waals surface area contributed by atoms with E-state index in [1.807, 2.05) is 13.8 Å². The van der Waals surface area contributed by atoms with E-state index >= 15 is 0 Å². The standard InChI is InChI=1S/C16H24N2O/c1-3-10-16(2,17)15(19)18-11-13-9-8-12-6-4-5-7-14(12)13/h4-7,13H,3,8-11,17H2,1-2H3,(H,18,19). The number of carbonyl (C=O) groups excluding carboxylic acids is 1. The summed E-state index contributed by atoms with van der Waals surface area (Å²) < 4.78 is 0. The van der Waals surface area contributed by atoms with Crippen LogP contribution in [0.5, 0.6) is 0 Å². The van der Waals surface area contributed by atoms with Crippen molar-refractivity contribution in [3.63, 3.8) is 0 Å². The molecule has 1 amide bonds. The van der Waals surface area contributed by atoms with Gasteiger partial charge in [0, 0.05) is 12.5 Å². The number of hydrogen-bond acceptors (Lipinski definition) is 2. The van der Waals surface area contributed by atoms with Crippen LogP contribution in [0.1, 0.15) is 50.2 Å². The molecule has 0 aromatic heterocycles. The SMILES string of the molecule is CCCC(C)(N)C(=O)NCC1CCc2ccccc21. The number of hydrogen-bond donors (Lipinski definition) is 2. The third-order valence-electron chi connectivity index (χ3n) is 4.05. The Labute approximate surface area is 115 Å². The van der Waals surface area contributed by atoms with Gasteiger partial charge in [0.05, 0.1) is 5.54 Å². The zero-order valence-corrected chi connectivity index (χ0v) is 11.9. The lowest BCUT2D eigenvalue weighted by atomic mass is 9.95. The fraction of sp³-hybridized carbons (Fsp3) is 0.562. The van der Waals surface area contributed by atoms with Crippen molar-refractivity contribution in [3.8, 4) is 0 Å². The van der Waals surface area contributed by atoms with Crippen molar-refractivity contribution in [2.24, 2.45) is 5.73 Å². The first-order chi connectivity index (χ1) is 9.04. The molecule has 1 aromatic rings. The predicted molar refractivity (Wildman–Crippen MR) is 78.0 cm³/mol. The number of rotatable bonds is 5. The van der Waals surface area contributed by atoms with Crippen molar-refractivity contribution in [1.29, 1.82) is 0 Å². The van der Waals surface area contributed by atoms with Crippen molar-refractivity contribution in [3.05, 3.63) is 35.4 Å². The molecule has 104 valence electrons. The van der Waals surface area contributed by atoms with Gasteiger partial charge < -0.3 is 11.1 Å². The molecule has 0 radical (unpaired) electrons. The third-order valence-corrected chi connectivity index (χ3v) is 4.05. The summed E-state index contributed by atoms with van der Waals surface area (Å²) in [4.78, 5) is 12.1. The van der Waals surface area contributed by atoms with Crippen LogP contribution in [0.25, 0.3) is 0 Å². The molecule has 2 atom stereocenters. The van der Waals surface area contributed by atoms with Crippen molar-refractivity contribution in [1.82, 2.24) is 5.32 Å². The highest BCUT2D eigenvalue weighted by molar-refractivity contribution is 5.85. The van der Waals surface area contributed by atoms with E-state index < -0.39 is 5.54 Å². The highest BCUT2D eigenvalue weighted by Gasteiger charge is 2.29. The molecule has 3 heteroatoms. The van der Waals surface area contributed by atoms with Crippen LogP contribution in [0.2, 0.25) is 0 Å². The first kappa shape index (κ1) is 14.1. The van der Waals surface area contributed by atoms with Crippen LogP contribution in [0.3, 0.4) is 0 Å². The molecule has 1 aliphatic rings. The van der Waals surface area contributed by atoms with Crippen LogP contribution in [0, 0.1) is 0 Å². The summed E-state index contributed by atoms with van der Waals surface area (Å²) in [5.41, 5.74) is 8.10. The van der Waals surface area contributed by atoms with Gasteiger partial charge >= 0.3 is 0 Å². The lowest BCUT2D eigenvalue weighted by Gasteiger charge is -2.24. The molecular formula is C16H24N2O. The molecular weight excluding hydrogens is 236 g/mol. The maximum atomic E-state index is 12.1. The Morgan fingerprint density at radius 1 is 1.47 bits per heavy atom. The molecule has 0 spiro atoms. The molecule has 1 aliphatic carbocycles. The van der Waals surface area contributed by atoms with Gasteiger partial charge in [-0.15, -0.1) is 0 Å². The van der Waals surface area contributed by atoms with Crippen LogP contribution in [-0.4, -0.2) is 18.0 Å². The Morgan fingerprint density at radius 2 is 2.21 bits per heavy atom. The predicted octanol–water partition coefficient (Wildman–Crippen LogP) is 2.35. The van der Waals surface area contributed by atoms with Crippen molar-refractivity contribution < 1.29 is 4.79 Å².